The minimum absolute atomic E-state index is 0.0454. The van der Waals surface area contributed by atoms with E-state index in [1.807, 2.05) is 30.3 Å². The zero-order valence-corrected chi connectivity index (χ0v) is 9.22. The smallest absolute Gasteiger partial charge is 0.0688 e. The van der Waals surface area contributed by atoms with Gasteiger partial charge in [-0.05, 0) is 17.7 Å². The summed E-state index contributed by atoms with van der Waals surface area (Å²) in [5.41, 5.74) is 3.98. The zero-order valence-electron chi connectivity index (χ0n) is 9.22. The van der Waals surface area contributed by atoms with Crippen LogP contribution in [0.3, 0.4) is 0 Å². The Balaban J connectivity index is 2.20. The summed E-state index contributed by atoms with van der Waals surface area (Å²) in [6, 6.07) is 11.9. The van der Waals surface area contributed by atoms with Crippen molar-refractivity contribution in [3.63, 3.8) is 0 Å². The molecule has 2 heterocycles. The Morgan fingerprint density at radius 3 is 2.88 bits per heavy atom. The maximum Gasteiger partial charge on any atom is 0.0688 e. The molecule has 3 rings (SSSR count). The largest absolute Gasteiger partial charge is 0.392 e. The topological polar surface area (TPSA) is 48.9 Å². The van der Waals surface area contributed by atoms with Gasteiger partial charge < -0.3 is 10.1 Å². The highest BCUT2D eigenvalue weighted by Gasteiger charge is 2.06. The first-order valence-corrected chi connectivity index (χ1v) is 5.50. The number of benzene rings is 1. The average Bonchev–Trinajstić information content (AvgIpc) is 2.82. The molecule has 17 heavy (non-hydrogen) atoms. The van der Waals surface area contributed by atoms with Gasteiger partial charge in [-0.3, -0.25) is 4.98 Å². The van der Waals surface area contributed by atoms with Gasteiger partial charge in [0.15, 0.2) is 0 Å². The molecular weight excluding hydrogens is 212 g/mol. The molecule has 84 valence electrons. The van der Waals surface area contributed by atoms with Gasteiger partial charge in [0.2, 0.25) is 0 Å². The van der Waals surface area contributed by atoms with E-state index in [2.05, 4.69) is 16.0 Å². The fourth-order valence-electron chi connectivity index (χ4n) is 2.04. The molecule has 0 unspecified atom stereocenters. The fourth-order valence-corrected chi connectivity index (χ4v) is 2.04. The monoisotopic (exact) mass is 224 g/mol. The SMILES string of the molecule is OCc1ccccc1-c1cc2ccncc2[nH]1. The number of nitrogens with one attached hydrogen (secondary N) is 1. The van der Waals surface area contributed by atoms with E-state index in [9.17, 15) is 5.11 Å². The van der Waals surface area contributed by atoms with Gasteiger partial charge in [0.25, 0.3) is 0 Å². The molecule has 0 aliphatic heterocycles. The molecule has 0 amide bonds. The van der Waals surface area contributed by atoms with Crippen LogP contribution in [-0.2, 0) is 6.61 Å². The summed E-state index contributed by atoms with van der Waals surface area (Å²) >= 11 is 0. The van der Waals surface area contributed by atoms with Crippen LogP contribution in [0.15, 0.2) is 48.8 Å². The van der Waals surface area contributed by atoms with Crippen LogP contribution in [0.4, 0.5) is 0 Å². The Morgan fingerprint density at radius 2 is 2.06 bits per heavy atom. The molecule has 0 atom stereocenters. The molecule has 0 bridgehead atoms. The normalized spacial score (nSPS) is 10.9. The number of hydrogen-bond donors (Lipinski definition) is 2. The number of aromatic amines is 1. The lowest BCUT2D eigenvalue weighted by atomic mass is 10.1. The summed E-state index contributed by atoms with van der Waals surface area (Å²) in [7, 11) is 0. The van der Waals surface area contributed by atoms with Gasteiger partial charge in [-0.15, -0.1) is 0 Å². The van der Waals surface area contributed by atoms with E-state index in [1.165, 1.54) is 0 Å². The summed E-state index contributed by atoms with van der Waals surface area (Å²) in [6.45, 7) is 0.0454. The molecule has 0 saturated heterocycles. The Morgan fingerprint density at radius 1 is 1.18 bits per heavy atom. The van der Waals surface area contributed by atoms with Crippen LogP contribution in [0, 0.1) is 0 Å². The Bertz CT molecular complexity index is 625. The molecule has 0 aliphatic rings. The van der Waals surface area contributed by atoms with Crippen molar-refractivity contribution in [2.75, 3.05) is 0 Å². The molecule has 0 saturated carbocycles. The third-order valence-corrected chi connectivity index (χ3v) is 2.90. The predicted molar refractivity (Wildman–Crippen MR) is 67.5 cm³/mol. The van der Waals surface area contributed by atoms with Crippen LogP contribution in [0.2, 0.25) is 0 Å². The highest BCUT2D eigenvalue weighted by molar-refractivity contribution is 5.85. The molecule has 0 spiro atoms. The molecule has 0 aliphatic carbocycles. The maximum atomic E-state index is 9.33. The third kappa shape index (κ3) is 1.70. The first kappa shape index (κ1) is 10.1. The van der Waals surface area contributed by atoms with Gasteiger partial charge in [-0.1, -0.05) is 24.3 Å². The van der Waals surface area contributed by atoms with Crippen LogP contribution in [-0.4, -0.2) is 15.1 Å². The van der Waals surface area contributed by atoms with E-state index in [0.29, 0.717) is 0 Å². The maximum absolute atomic E-state index is 9.33. The Kier molecular flexibility index (Phi) is 2.38. The number of nitrogens with zero attached hydrogens (tertiary/aromatic N) is 1. The lowest BCUT2D eigenvalue weighted by Gasteiger charge is -2.04. The zero-order chi connectivity index (χ0) is 11.7. The number of aromatic nitrogens is 2. The molecule has 0 fully saturated rings. The highest BCUT2D eigenvalue weighted by Crippen LogP contribution is 2.26. The molecule has 3 aromatic rings. The lowest BCUT2D eigenvalue weighted by Crippen LogP contribution is -1.88. The second-order valence-corrected chi connectivity index (χ2v) is 3.96. The van der Waals surface area contributed by atoms with Crippen LogP contribution in [0.1, 0.15) is 5.56 Å². The number of H-pyrrole nitrogens is 1. The number of hydrogen-bond acceptors (Lipinski definition) is 2. The summed E-state index contributed by atoms with van der Waals surface area (Å²) in [5.74, 6) is 0. The second-order valence-electron chi connectivity index (χ2n) is 3.96. The minimum Gasteiger partial charge on any atom is -0.392 e. The van der Waals surface area contributed by atoms with Crippen molar-refractivity contribution in [3.8, 4) is 11.3 Å². The van der Waals surface area contributed by atoms with E-state index in [-0.39, 0.29) is 6.61 Å². The van der Waals surface area contributed by atoms with E-state index >= 15 is 0 Å². The first-order valence-electron chi connectivity index (χ1n) is 5.50. The van der Waals surface area contributed by atoms with E-state index < -0.39 is 0 Å². The van der Waals surface area contributed by atoms with Gasteiger partial charge in [-0.2, -0.15) is 0 Å². The van der Waals surface area contributed by atoms with Crippen molar-refractivity contribution in [1.29, 1.82) is 0 Å². The van der Waals surface area contributed by atoms with Crippen molar-refractivity contribution in [3.05, 3.63) is 54.4 Å². The highest BCUT2D eigenvalue weighted by atomic mass is 16.3. The lowest BCUT2D eigenvalue weighted by molar-refractivity contribution is 0.282. The fraction of sp³-hybridized carbons (Fsp3) is 0.0714. The van der Waals surface area contributed by atoms with E-state index in [0.717, 1.165) is 27.7 Å². The molecule has 2 N–H and O–H groups in total. The van der Waals surface area contributed by atoms with Crippen LogP contribution in [0.25, 0.3) is 22.2 Å². The third-order valence-electron chi connectivity index (χ3n) is 2.90. The molecule has 3 heteroatoms. The molecule has 1 aromatic carbocycles. The summed E-state index contributed by atoms with van der Waals surface area (Å²) in [4.78, 5) is 7.39. The quantitative estimate of drug-likeness (QED) is 0.703. The van der Waals surface area contributed by atoms with Gasteiger partial charge in [-0.25, -0.2) is 0 Å². The Labute approximate surface area is 98.8 Å². The summed E-state index contributed by atoms with van der Waals surface area (Å²) < 4.78 is 0. The van der Waals surface area contributed by atoms with Crippen LogP contribution >= 0.6 is 0 Å². The van der Waals surface area contributed by atoms with Gasteiger partial charge >= 0.3 is 0 Å². The van der Waals surface area contributed by atoms with Gasteiger partial charge in [0.05, 0.1) is 18.3 Å². The molecule has 3 nitrogen and oxygen atoms in total. The number of rotatable bonds is 2. The first-order chi connectivity index (χ1) is 8.38. The number of aliphatic hydroxyl groups is 1. The van der Waals surface area contributed by atoms with Crippen molar-refractivity contribution >= 4 is 10.9 Å². The van der Waals surface area contributed by atoms with E-state index in [4.69, 9.17) is 0 Å². The van der Waals surface area contributed by atoms with E-state index in [1.54, 1.807) is 12.4 Å². The molecular formula is C14H12N2O. The summed E-state index contributed by atoms with van der Waals surface area (Å²) in [6.07, 6.45) is 3.58. The number of aliphatic hydroxyl groups excluding tert-OH is 1. The minimum atomic E-state index is 0.0454. The molecule has 2 aromatic heterocycles. The average molecular weight is 224 g/mol. The second kappa shape index (κ2) is 4.03. The standard InChI is InChI=1S/C14H12N2O/c17-9-11-3-1-2-4-12(11)13-7-10-5-6-15-8-14(10)16-13/h1-8,16-17H,9H2. The van der Waals surface area contributed by atoms with Crippen molar-refractivity contribution < 1.29 is 5.11 Å². The van der Waals surface area contributed by atoms with Crippen LogP contribution < -0.4 is 0 Å². The Hall–Kier alpha value is -2.13. The number of fused-ring (bicyclic) bond motifs is 1. The number of pyridine rings is 1. The van der Waals surface area contributed by atoms with Crippen molar-refractivity contribution in [2.45, 2.75) is 6.61 Å². The van der Waals surface area contributed by atoms with Crippen LogP contribution in [0.5, 0.6) is 0 Å². The van der Waals surface area contributed by atoms with Gasteiger partial charge in [0.1, 0.15) is 0 Å². The summed E-state index contributed by atoms with van der Waals surface area (Å²) in [5, 5.41) is 10.5. The molecule has 0 radical (unpaired) electrons. The van der Waals surface area contributed by atoms with Crippen molar-refractivity contribution in [1.82, 2.24) is 9.97 Å². The van der Waals surface area contributed by atoms with Gasteiger partial charge in [0, 0.05) is 22.8 Å². The predicted octanol–water partition coefficient (Wildman–Crippen LogP) is 2.72. The van der Waals surface area contributed by atoms with Crippen molar-refractivity contribution in [2.24, 2.45) is 0 Å².